The summed E-state index contributed by atoms with van der Waals surface area (Å²) in [5, 5.41) is 3.75. The number of ether oxygens (including phenoxy) is 1. The van der Waals surface area contributed by atoms with E-state index in [4.69, 9.17) is 4.74 Å². The van der Waals surface area contributed by atoms with Crippen LogP contribution in [-0.2, 0) is 19.4 Å². The Kier molecular flexibility index (Phi) is 6.49. The molecular formula is C28H36N2O2. The van der Waals surface area contributed by atoms with Crippen LogP contribution in [0.4, 0.5) is 0 Å². The van der Waals surface area contributed by atoms with E-state index in [0.29, 0.717) is 6.04 Å². The van der Waals surface area contributed by atoms with E-state index in [1.807, 2.05) is 36.2 Å². The Hall–Kier alpha value is -2.33. The molecule has 1 unspecified atom stereocenters. The van der Waals surface area contributed by atoms with Gasteiger partial charge in [0.15, 0.2) is 0 Å². The lowest BCUT2D eigenvalue weighted by molar-refractivity contribution is 0.0737. The second-order valence-corrected chi connectivity index (χ2v) is 10.1. The number of carbonyl (C=O) groups excluding carboxylic acids is 1. The summed E-state index contributed by atoms with van der Waals surface area (Å²) < 4.78 is 5.81. The molecule has 3 aliphatic carbocycles. The average Bonchev–Trinajstić information content (AvgIpc) is 3.58. The lowest BCUT2D eigenvalue weighted by Crippen LogP contribution is -2.37. The molecule has 1 amide bonds. The number of hydrogen-bond acceptors (Lipinski definition) is 3. The molecule has 0 aliphatic heterocycles. The molecule has 0 spiro atoms. The van der Waals surface area contributed by atoms with E-state index in [1.165, 1.54) is 61.6 Å². The first kappa shape index (κ1) is 21.5. The third-order valence-corrected chi connectivity index (χ3v) is 7.53. The molecule has 4 nitrogen and oxygen atoms in total. The van der Waals surface area contributed by atoms with Gasteiger partial charge in [0.25, 0.3) is 5.91 Å². The minimum Gasteiger partial charge on any atom is -0.493 e. The number of nitrogens with zero attached hydrogens (tertiary/aromatic N) is 1. The van der Waals surface area contributed by atoms with Crippen molar-refractivity contribution in [3.05, 3.63) is 64.7 Å². The summed E-state index contributed by atoms with van der Waals surface area (Å²) in [6, 6.07) is 15.5. The Bertz CT molecular complexity index is 929. The van der Waals surface area contributed by atoms with Crippen LogP contribution < -0.4 is 10.1 Å². The maximum absolute atomic E-state index is 13.1. The highest BCUT2D eigenvalue weighted by molar-refractivity contribution is 5.94. The van der Waals surface area contributed by atoms with Gasteiger partial charge in [-0.3, -0.25) is 4.79 Å². The first-order valence-corrected chi connectivity index (χ1v) is 12.5. The molecule has 0 heterocycles. The van der Waals surface area contributed by atoms with Crippen molar-refractivity contribution in [1.29, 1.82) is 0 Å². The van der Waals surface area contributed by atoms with Gasteiger partial charge in [0.1, 0.15) is 5.75 Å². The molecule has 3 aliphatic rings. The molecular weight excluding hydrogens is 396 g/mol. The number of likely N-dealkylation sites (N-methyl/N-ethyl adjacent to an activating group) is 1. The van der Waals surface area contributed by atoms with Gasteiger partial charge in [-0.25, -0.2) is 0 Å². The predicted molar refractivity (Wildman–Crippen MR) is 128 cm³/mol. The second kappa shape index (κ2) is 9.66. The fourth-order valence-corrected chi connectivity index (χ4v) is 5.16. The van der Waals surface area contributed by atoms with Gasteiger partial charge in [-0.1, -0.05) is 37.5 Å². The summed E-state index contributed by atoms with van der Waals surface area (Å²) in [7, 11) is 1.95. The Morgan fingerprint density at radius 3 is 2.47 bits per heavy atom. The van der Waals surface area contributed by atoms with Crippen LogP contribution in [0.25, 0.3) is 0 Å². The van der Waals surface area contributed by atoms with Crippen LogP contribution in [0.15, 0.2) is 42.5 Å². The maximum atomic E-state index is 13.1. The normalized spacial score (nSPS) is 20.7. The zero-order chi connectivity index (χ0) is 21.9. The fraction of sp³-hybridized carbons (Fsp3) is 0.536. The van der Waals surface area contributed by atoms with Crippen molar-refractivity contribution in [3.8, 4) is 5.75 Å². The minimum atomic E-state index is 0.0933. The zero-order valence-electron chi connectivity index (χ0n) is 19.3. The number of nitrogens with one attached hydrogen (secondary N) is 1. The van der Waals surface area contributed by atoms with Crippen molar-refractivity contribution in [1.82, 2.24) is 10.2 Å². The third-order valence-electron chi connectivity index (χ3n) is 7.53. The molecule has 0 aromatic heterocycles. The molecule has 0 saturated heterocycles. The molecule has 2 fully saturated rings. The zero-order valence-corrected chi connectivity index (χ0v) is 19.3. The first-order chi connectivity index (χ1) is 15.7. The smallest absolute Gasteiger partial charge is 0.253 e. The average molecular weight is 433 g/mol. The van der Waals surface area contributed by atoms with Gasteiger partial charge in [0.05, 0.1) is 6.61 Å². The van der Waals surface area contributed by atoms with E-state index in [9.17, 15) is 4.79 Å². The number of benzene rings is 2. The lowest BCUT2D eigenvalue weighted by atomic mass is 9.95. The largest absolute Gasteiger partial charge is 0.493 e. The van der Waals surface area contributed by atoms with E-state index in [0.717, 1.165) is 43.2 Å². The summed E-state index contributed by atoms with van der Waals surface area (Å²) in [5.41, 5.74) is 4.90. The highest BCUT2D eigenvalue weighted by atomic mass is 16.5. The molecule has 5 rings (SSSR count). The highest BCUT2D eigenvalue weighted by Crippen LogP contribution is 2.30. The van der Waals surface area contributed by atoms with Gasteiger partial charge >= 0.3 is 0 Å². The summed E-state index contributed by atoms with van der Waals surface area (Å²) in [6.07, 6.45) is 11.2. The molecule has 170 valence electrons. The van der Waals surface area contributed by atoms with Crippen LogP contribution >= 0.6 is 0 Å². The Labute approximate surface area is 192 Å². The molecule has 1 N–H and O–H groups in total. The molecule has 0 bridgehead atoms. The van der Waals surface area contributed by atoms with Gasteiger partial charge in [-0.05, 0) is 85.4 Å². The van der Waals surface area contributed by atoms with Crippen molar-refractivity contribution in [2.75, 3.05) is 13.7 Å². The van der Waals surface area contributed by atoms with Crippen LogP contribution in [-0.4, -0.2) is 36.5 Å². The van der Waals surface area contributed by atoms with Gasteiger partial charge in [-0.15, -0.1) is 0 Å². The van der Waals surface area contributed by atoms with Gasteiger partial charge in [0, 0.05) is 31.2 Å². The summed E-state index contributed by atoms with van der Waals surface area (Å²) in [6.45, 7) is 1.75. The van der Waals surface area contributed by atoms with Crippen molar-refractivity contribution in [2.24, 2.45) is 5.92 Å². The fourth-order valence-electron chi connectivity index (χ4n) is 5.16. The molecule has 0 radical (unpaired) electrons. The summed E-state index contributed by atoms with van der Waals surface area (Å²) in [5.74, 6) is 1.68. The van der Waals surface area contributed by atoms with Crippen LogP contribution in [0.3, 0.4) is 0 Å². The Balaban J connectivity index is 1.16. The Morgan fingerprint density at radius 1 is 0.969 bits per heavy atom. The molecule has 2 saturated carbocycles. The van der Waals surface area contributed by atoms with E-state index in [-0.39, 0.29) is 11.9 Å². The standard InChI is InChI=1S/C28H36N2O2/c1-30(28(31)22-11-13-27(14-12-22)32-19-20-7-8-20)26-16-23-10-9-21(15-24(23)17-26)18-29-25-5-3-2-4-6-25/h9-15,20,25-26,29H,2-8,16-19H2,1H3. The summed E-state index contributed by atoms with van der Waals surface area (Å²) >= 11 is 0. The number of fused-ring (bicyclic) bond motifs is 1. The predicted octanol–water partition coefficient (Wildman–Crippen LogP) is 5.14. The molecule has 4 heteroatoms. The number of carbonyl (C=O) groups is 1. The topological polar surface area (TPSA) is 41.6 Å². The molecule has 32 heavy (non-hydrogen) atoms. The van der Waals surface area contributed by atoms with Crippen LogP contribution in [0.2, 0.25) is 0 Å². The quantitative estimate of drug-likeness (QED) is 0.628. The van der Waals surface area contributed by atoms with Crippen molar-refractivity contribution >= 4 is 5.91 Å². The SMILES string of the molecule is CN(C(=O)c1ccc(OCC2CC2)cc1)C1Cc2ccc(CNC3CCCCC3)cc2C1. The minimum absolute atomic E-state index is 0.0933. The highest BCUT2D eigenvalue weighted by Gasteiger charge is 2.28. The molecule has 1 atom stereocenters. The van der Waals surface area contributed by atoms with Crippen LogP contribution in [0.5, 0.6) is 5.75 Å². The monoisotopic (exact) mass is 432 g/mol. The van der Waals surface area contributed by atoms with Gasteiger partial charge in [-0.2, -0.15) is 0 Å². The van der Waals surface area contributed by atoms with E-state index < -0.39 is 0 Å². The summed E-state index contributed by atoms with van der Waals surface area (Å²) in [4.78, 5) is 15.0. The third kappa shape index (κ3) is 5.17. The van der Waals surface area contributed by atoms with Crippen LogP contribution in [0, 0.1) is 5.92 Å². The maximum Gasteiger partial charge on any atom is 0.253 e. The Morgan fingerprint density at radius 2 is 1.72 bits per heavy atom. The van der Waals surface area contributed by atoms with Crippen molar-refractivity contribution < 1.29 is 9.53 Å². The van der Waals surface area contributed by atoms with E-state index in [2.05, 4.69) is 23.5 Å². The van der Waals surface area contributed by atoms with Gasteiger partial charge < -0.3 is 15.0 Å². The van der Waals surface area contributed by atoms with Gasteiger partial charge in [0.2, 0.25) is 0 Å². The van der Waals surface area contributed by atoms with Crippen molar-refractivity contribution in [2.45, 2.75) is 76.4 Å². The second-order valence-electron chi connectivity index (χ2n) is 10.1. The van der Waals surface area contributed by atoms with E-state index in [1.54, 1.807) is 0 Å². The van der Waals surface area contributed by atoms with Crippen LogP contribution in [0.1, 0.15) is 72.0 Å². The molecule has 2 aromatic carbocycles. The number of hydrogen-bond donors (Lipinski definition) is 1. The molecule has 2 aromatic rings. The lowest BCUT2D eigenvalue weighted by Gasteiger charge is -2.24. The number of rotatable bonds is 8. The first-order valence-electron chi connectivity index (χ1n) is 12.5. The van der Waals surface area contributed by atoms with Crippen molar-refractivity contribution in [3.63, 3.8) is 0 Å². The number of amides is 1. The van der Waals surface area contributed by atoms with E-state index >= 15 is 0 Å².